The lowest BCUT2D eigenvalue weighted by molar-refractivity contribution is 0.253. The summed E-state index contributed by atoms with van der Waals surface area (Å²) in [4.78, 5) is 2.44. The van der Waals surface area contributed by atoms with Gasteiger partial charge in [-0.25, -0.2) is 0 Å². The van der Waals surface area contributed by atoms with Crippen LogP contribution in [0.1, 0.15) is 16.7 Å². The van der Waals surface area contributed by atoms with E-state index >= 15 is 0 Å². The van der Waals surface area contributed by atoms with Crippen molar-refractivity contribution in [3.63, 3.8) is 0 Å². The van der Waals surface area contributed by atoms with Gasteiger partial charge in [0.2, 0.25) is 0 Å². The Morgan fingerprint density at radius 1 is 1.18 bits per heavy atom. The summed E-state index contributed by atoms with van der Waals surface area (Å²) in [5.74, 6) is 0.884. The van der Waals surface area contributed by atoms with Crippen LogP contribution in [0.3, 0.4) is 0 Å². The number of nitrogens with zero attached hydrogens (tertiary/aromatic N) is 1. The lowest BCUT2D eigenvalue weighted by atomic mass is 9.97. The molecule has 2 aromatic rings. The summed E-state index contributed by atoms with van der Waals surface area (Å²) >= 11 is 3.47. The van der Waals surface area contributed by atoms with Crippen molar-refractivity contribution in [3.8, 4) is 11.5 Å². The molecule has 3 nitrogen and oxygen atoms in total. The quantitative estimate of drug-likeness (QED) is 0.899. The van der Waals surface area contributed by atoms with Gasteiger partial charge in [-0.05, 0) is 42.2 Å². The summed E-state index contributed by atoms with van der Waals surface area (Å²) in [5, 5.41) is 10.2. The molecule has 4 heteroatoms. The van der Waals surface area contributed by atoms with Gasteiger partial charge in [0.15, 0.2) is 11.5 Å². The van der Waals surface area contributed by atoms with Crippen LogP contribution in [0.5, 0.6) is 11.5 Å². The number of benzene rings is 2. The van der Waals surface area contributed by atoms with Crippen molar-refractivity contribution in [1.29, 1.82) is 0 Å². The molecule has 116 valence electrons. The average molecular weight is 362 g/mol. The van der Waals surface area contributed by atoms with Crippen molar-refractivity contribution in [2.24, 2.45) is 0 Å². The molecule has 0 bridgehead atoms. The van der Waals surface area contributed by atoms with Crippen LogP contribution in [0, 0.1) is 0 Å². The van der Waals surface area contributed by atoms with Crippen molar-refractivity contribution in [1.82, 2.24) is 4.90 Å². The van der Waals surface area contributed by atoms with Crippen LogP contribution in [0.15, 0.2) is 40.9 Å². The number of phenols is 1. The summed E-state index contributed by atoms with van der Waals surface area (Å²) in [5.41, 5.74) is 3.60. The van der Waals surface area contributed by atoms with Crippen molar-refractivity contribution in [3.05, 3.63) is 57.6 Å². The summed E-state index contributed by atoms with van der Waals surface area (Å²) in [7, 11) is 1.59. The van der Waals surface area contributed by atoms with Crippen molar-refractivity contribution >= 4 is 15.9 Å². The Balaban J connectivity index is 1.64. The minimum Gasteiger partial charge on any atom is -0.504 e. The molecule has 0 radical (unpaired) electrons. The molecule has 0 fully saturated rings. The molecule has 2 aromatic carbocycles. The van der Waals surface area contributed by atoms with E-state index in [4.69, 9.17) is 4.74 Å². The average Bonchev–Trinajstić information content (AvgIpc) is 2.55. The van der Waals surface area contributed by atoms with Crippen LogP contribution in [0.2, 0.25) is 0 Å². The predicted molar refractivity (Wildman–Crippen MR) is 91.5 cm³/mol. The number of rotatable bonds is 4. The molecule has 1 heterocycles. The normalized spacial score (nSPS) is 14.6. The molecule has 0 amide bonds. The van der Waals surface area contributed by atoms with Gasteiger partial charge < -0.3 is 9.84 Å². The molecule has 0 aromatic heterocycles. The fourth-order valence-corrected chi connectivity index (χ4v) is 3.23. The number of phenolic OH excluding ortho intramolecular Hbond substituents is 1. The van der Waals surface area contributed by atoms with Crippen LogP contribution >= 0.6 is 15.9 Å². The maximum Gasteiger partial charge on any atom is 0.161 e. The number of fused-ring (bicyclic) bond motifs is 1. The number of hydrogen-bond donors (Lipinski definition) is 1. The predicted octanol–water partition coefficient (Wildman–Crippen LogP) is 3.76. The molecule has 0 saturated carbocycles. The molecule has 0 spiro atoms. The van der Waals surface area contributed by atoms with E-state index < -0.39 is 0 Å². The first-order valence-electron chi connectivity index (χ1n) is 7.52. The zero-order valence-corrected chi connectivity index (χ0v) is 14.3. The van der Waals surface area contributed by atoms with Gasteiger partial charge in [-0.15, -0.1) is 0 Å². The second-order valence-electron chi connectivity index (χ2n) is 5.66. The lowest BCUT2D eigenvalue weighted by Crippen LogP contribution is -2.32. The molecule has 22 heavy (non-hydrogen) atoms. The van der Waals surface area contributed by atoms with Gasteiger partial charge in [0.1, 0.15) is 0 Å². The van der Waals surface area contributed by atoms with E-state index in [0.717, 1.165) is 42.5 Å². The first-order chi connectivity index (χ1) is 10.7. The smallest absolute Gasteiger partial charge is 0.161 e. The topological polar surface area (TPSA) is 32.7 Å². The maximum absolute atomic E-state index is 10.2. The molecular weight excluding hydrogens is 342 g/mol. The van der Waals surface area contributed by atoms with Gasteiger partial charge in [-0.1, -0.05) is 34.1 Å². The standard InChI is InChI=1S/C18H20BrNO2/c1-22-17-7-4-14-12-20(11-9-16(14)18(17)21)10-8-13-2-5-15(19)6-3-13/h2-7,21H,8-12H2,1H3. The zero-order valence-electron chi connectivity index (χ0n) is 12.7. The zero-order chi connectivity index (χ0) is 15.5. The van der Waals surface area contributed by atoms with Crippen LogP contribution in [-0.4, -0.2) is 30.2 Å². The molecule has 1 aliphatic heterocycles. The summed E-state index contributed by atoms with van der Waals surface area (Å²) in [6, 6.07) is 12.4. The Morgan fingerprint density at radius 2 is 1.95 bits per heavy atom. The molecule has 0 aliphatic carbocycles. The van der Waals surface area contributed by atoms with E-state index in [1.54, 1.807) is 7.11 Å². The number of aromatic hydroxyl groups is 1. The highest BCUT2D eigenvalue weighted by Crippen LogP contribution is 2.35. The third-order valence-electron chi connectivity index (χ3n) is 4.26. The highest BCUT2D eigenvalue weighted by atomic mass is 79.9. The Labute approximate surface area is 139 Å². The van der Waals surface area contributed by atoms with Crippen molar-refractivity contribution in [2.45, 2.75) is 19.4 Å². The molecule has 0 atom stereocenters. The fraction of sp³-hybridized carbons (Fsp3) is 0.333. The van der Waals surface area contributed by atoms with Gasteiger partial charge in [0.25, 0.3) is 0 Å². The van der Waals surface area contributed by atoms with Gasteiger partial charge in [0.05, 0.1) is 7.11 Å². The Morgan fingerprint density at radius 3 is 2.68 bits per heavy atom. The second kappa shape index (κ2) is 6.71. The molecule has 1 N–H and O–H groups in total. The minimum absolute atomic E-state index is 0.313. The first kappa shape index (κ1) is 15.4. The van der Waals surface area contributed by atoms with Crippen LogP contribution < -0.4 is 4.74 Å². The summed E-state index contributed by atoms with van der Waals surface area (Å²) in [6.45, 7) is 2.90. The van der Waals surface area contributed by atoms with Crippen LogP contribution in [0.25, 0.3) is 0 Å². The van der Waals surface area contributed by atoms with E-state index in [2.05, 4.69) is 51.2 Å². The van der Waals surface area contributed by atoms with Gasteiger partial charge in [-0.2, -0.15) is 0 Å². The number of methoxy groups -OCH3 is 1. The highest BCUT2D eigenvalue weighted by Gasteiger charge is 2.20. The largest absolute Gasteiger partial charge is 0.504 e. The molecule has 3 rings (SSSR count). The fourth-order valence-electron chi connectivity index (χ4n) is 2.97. The summed E-state index contributed by atoms with van der Waals surface area (Å²) < 4.78 is 6.30. The monoisotopic (exact) mass is 361 g/mol. The lowest BCUT2D eigenvalue weighted by Gasteiger charge is -2.29. The van der Waals surface area contributed by atoms with E-state index in [1.807, 2.05) is 6.07 Å². The van der Waals surface area contributed by atoms with E-state index in [1.165, 1.54) is 11.1 Å². The Hall–Kier alpha value is -1.52. The third kappa shape index (κ3) is 3.28. The van der Waals surface area contributed by atoms with Gasteiger partial charge in [0, 0.05) is 29.7 Å². The SMILES string of the molecule is COc1ccc2c(c1O)CCN(CCc1ccc(Br)cc1)C2. The van der Waals surface area contributed by atoms with E-state index in [0.29, 0.717) is 11.5 Å². The van der Waals surface area contributed by atoms with E-state index in [9.17, 15) is 5.11 Å². The third-order valence-corrected chi connectivity index (χ3v) is 4.79. The first-order valence-corrected chi connectivity index (χ1v) is 8.31. The number of hydrogen-bond acceptors (Lipinski definition) is 3. The Kier molecular flexibility index (Phi) is 4.69. The Bertz CT molecular complexity index is 655. The number of halogens is 1. The molecular formula is C18H20BrNO2. The van der Waals surface area contributed by atoms with E-state index in [-0.39, 0.29) is 0 Å². The van der Waals surface area contributed by atoms with Crippen LogP contribution in [0.4, 0.5) is 0 Å². The summed E-state index contributed by atoms with van der Waals surface area (Å²) in [6.07, 6.45) is 1.92. The van der Waals surface area contributed by atoms with Gasteiger partial charge in [-0.3, -0.25) is 4.90 Å². The van der Waals surface area contributed by atoms with Crippen molar-refractivity contribution < 1.29 is 9.84 Å². The van der Waals surface area contributed by atoms with Crippen LogP contribution in [-0.2, 0) is 19.4 Å². The van der Waals surface area contributed by atoms with Gasteiger partial charge >= 0.3 is 0 Å². The second-order valence-corrected chi connectivity index (χ2v) is 6.57. The minimum atomic E-state index is 0.313. The number of ether oxygens (including phenoxy) is 1. The molecule has 1 aliphatic rings. The molecule has 0 saturated heterocycles. The molecule has 0 unspecified atom stereocenters. The van der Waals surface area contributed by atoms with Crippen molar-refractivity contribution in [2.75, 3.05) is 20.2 Å². The maximum atomic E-state index is 10.2. The highest BCUT2D eigenvalue weighted by molar-refractivity contribution is 9.10.